The van der Waals surface area contributed by atoms with Crippen LogP contribution in [0.1, 0.15) is 5.56 Å². The van der Waals surface area contributed by atoms with E-state index in [1.165, 1.54) is 5.56 Å². The Morgan fingerprint density at radius 3 is 2.44 bits per heavy atom. The topological polar surface area (TPSA) is 9.23 Å². The molecule has 0 aliphatic heterocycles. The van der Waals surface area contributed by atoms with Crippen molar-refractivity contribution in [1.82, 2.24) is 0 Å². The van der Waals surface area contributed by atoms with Crippen molar-refractivity contribution in [1.29, 1.82) is 0 Å². The van der Waals surface area contributed by atoms with Crippen molar-refractivity contribution in [3.8, 4) is 0 Å². The van der Waals surface area contributed by atoms with Gasteiger partial charge in [0.25, 0.3) is 0 Å². The third-order valence-corrected chi connectivity index (χ3v) is 6.11. The van der Waals surface area contributed by atoms with Gasteiger partial charge in [0.1, 0.15) is 0 Å². The molecular weight excluding hydrogens is 257 g/mol. The molecule has 86 valence electrons. The first-order chi connectivity index (χ1) is 7.50. The van der Waals surface area contributed by atoms with Crippen LogP contribution < -0.4 is 0 Å². The van der Waals surface area contributed by atoms with Crippen LogP contribution in [0.25, 0.3) is 6.08 Å². The Hall–Kier alpha value is -0.957. The van der Waals surface area contributed by atoms with Gasteiger partial charge >= 0.3 is 101 Å². The van der Waals surface area contributed by atoms with E-state index in [2.05, 4.69) is 42.1 Å². The fourth-order valence-corrected chi connectivity index (χ4v) is 2.20. The third kappa shape index (κ3) is 4.71. The van der Waals surface area contributed by atoms with Crippen LogP contribution in [0.5, 0.6) is 0 Å². The van der Waals surface area contributed by atoms with Gasteiger partial charge in [0.15, 0.2) is 0 Å². The van der Waals surface area contributed by atoms with E-state index in [4.69, 9.17) is 4.74 Å². The second-order valence-corrected chi connectivity index (χ2v) is 15.4. The van der Waals surface area contributed by atoms with Gasteiger partial charge < -0.3 is 0 Å². The summed E-state index contributed by atoms with van der Waals surface area (Å²) in [6.07, 6.45) is 4.11. The van der Waals surface area contributed by atoms with Gasteiger partial charge in [-0.1, -0.05) is 0 Å². The summed E-state index contributed by atoms with van der Waals surface area (Å²) < 4.78 is 6.64. The zero-order valence-electron chi connectivity index (χ0n) is 10.4. The Kier molecular flexibility index (Phi) is 4.87. The second kappa shape index (κ2) is 5.95. The van der Waals surface area contributed by atoms with Gasteiger partial charge in [-0.15, -0.1) is 0 Å². The molecule has 0 saturated carbocycles. The Morgan fingerprint density at radius 2 is 1.88 bits per heavy atom. The van der Waals surface area contributed by atoms with Crippen molar-refractivity contribution in [2.45, 2.75) is 17.3 Å². The summed E-state index contributed by atoms with van der Waals surface area (Å²) in [4.78, 5) is 0. The zero-order chi connectivity index (χ0) is 12.0. The first-order valence-corrected chi connectivity index (χ1v) is 12.9. The van der Waals surface area contributed by atoms with Gasteiger partial charge in [-0.2, -0.15) is 0 Å². The quantitative estimate of drug-likeness (QED) is 0.581. The van der Waals surface area contributed by atoms with Crippen LogP contribution in [0.3, 0.4) is 0 Å². The molecule has 0 saturated heterocycles. The number of hydrogen-bond donors (Lipinski definition) is 0. The fraction of sp³-hybridized carbons (Fsp3) is 0.286. The third-order valence-electron chi connectivity index (χ3n) is 2.30. The first kappa shape index (κ1) is 13.1. The van der Waals surface area contributed by atoms with Crippen LogP contribution in [-0.4, -0.2) is 19.9 Å². The van der Waals surface area contributed by atoms with E-state index in [-0.39, 0.29) is 0 Å². The van der Waals surface area contributed by atoms with Crippen molar-refractivity contribution in [2.24, 2.45) is 0 Å². The van der Waals surface area contributed by atoms with Gasteiger partial charge in [0.2, 0.25) is 0 Å². The Morgan fingerprint density at radius 1 is 1.25 bits per heavy atom. The average molecular weight is 277 g/mol. The molecule has 2 heteroatoms. The predicted octanol–water partition coefficient (Wildman–Crippen LogP) is 4.11. The molecule has 1 aromatic rings. The number of benzene rings is 1. The number of ether oxygens (including phenoxy) is 1. The van der Waals surface area contributed by atoms with Crippen LogP contribution in [-0.2, 0) is 4.74 Å². The molecule has 1 aromatic carbocycles. The summed E-state index contributed by atoms with van der Waals surface area (Å²) in [5.74, 6) is 6.84. The average Bonchev–Trinajstić information content (AvgIpc) is 2.24. The molecule has 0 heterocycles. The molecule has 0 fully saturated rings. The van der Waals surface area contributed by atoms with Gasteiger partial charge in [0.05, 0.1) is 0 Å². The number of hydrogen-bond acceptors (Lipinski definition) is 1. The molecular formula is C14H20GeO. The maximum absolute atomic E-state index is 5.63. The Balaban J connectivity index is 2.37. The summed E-state index contributed by atoms with van der Waals surface area (Å²) in [5, 5.41) is 0. The molecule has 0 aliphatic rings. The van der Waals surface area contributed by atoms with E-state index in [0.29, 0.717) is 6.61 Å². The molecule has 0 amide bonds. The molecule has 0 bridgehead atoms. The summed E-state index contributed by atoms with van der Waals surface area (Å²) in [5.41, 5.74) is 1.20. The standard InChI is InChI=1S/C14H20GeO/c1-13(15(2,3)4)16-12-8-11-14-9-6-5-7-10-14/h5-11H,1,12H2,2-4H3/b11-8+. The Labute approximate surface area is 101 Å². The van der Waals surface area contributed by atoms with Crippen LogP contribution >= 0.6 is 0 Å². The predicted molar refractivity (Wildman–Crippen MR) is 73.9 cm³/mol. The van der Waals surface area contributed by atoms with Crippen molar-refractivity contribution in [3.05, 3.63) is 53.1 Å². The molecule has 0 spiro atoms. The molecule has 1 rings (SSSR count). The summed E-state index contributed by atoms with van der Waals surface area (Å²) in [7, 11) is 0. The summed E-state index contributed by atoms with van der Waals surface area (Å²) in [6.45, 7) is 4.62. The molecule has 0 unspecified atom stereocenters. The van der Waals surface area contributed by atoms with E-state index >= 15 is 0 Å². The van der Waals surface area contributed by atoms with Crippen molar-refractivity contribution in [2.75, 3.05) is 6.61 Å². The van der Waals surface area contributed by atoms with Crippen molar-refractivity contribution < 1.29 is 4.74 Å². The van der Waals surface area contributed by atoms with Crippen molar-refractivity contribution >= 4 is 19.3 Å². The number of rotatable bonds is 5. The summed E-state index contributed by atoms with van der Waals surface area (Å²) >= 11 is -1.81. The van der Waals surface area contributed by atoms with E-state index < -0.39 is 13.3 Å². The van der Waals surface area contributed by atoms with Crippen LogP contribution in [0, 0.1) is 0 Å². The Bertz CT molecular complexity index is 360. The minimum atomic E-state index is -1.81. The summed E-state index contributed by atoms with van der Waals surface area (Å²) in [6, 6.07) is 10.2. The molecule has 1 nitrogen and oxygen atoms in total. The first-order valence-electron chi connectivity index (χ1n) is 5.54. The van der Waals surface area contributed by atoms with E-state index in [1.807, 2.05) is 24.3 Å². The molecule has 0 radical (unpaired) electrons. The molecule has 0 aliphatic carbocycles. The zero-order valence-corrected chi connectivity index (χ0v) is 12.5. The molecule has 16 heavy (non-hydrogen) atoms. The molecule has 0 aromatic heterocycles. The van der Waals surface area contributed by atoms with Crippen LogP contribution in [0.2, 0.25) is 17.3 Å². The minimum absolute atomic E-state index is 0.621. The van der Waals surface area contributed by atoms with E-state index in [0.717, 1.165) is 4.59 Å². The SMILES string of the molecule is C=[C](OC/C=C/c1ccccc1)[Ge]([CH3])([CH3])[CH3]. The fourth-order valence-electron chi connectivity index (χ4n) is 1.11. The maximum atomic E-state index is 5.63. The van der Waals surface area contributed by atoms with Gasteiger partial charge in [-0.25, -0.2) is 0 Å². The van der Waals surface area contributed by atoms with Gasteiger partial charge in [-0.05, 0) is 0 Å². The van der Waals surface area contributed by atoms with Crippen LogP contribution in [0.15, 0.2) is 47.6 Å². The second-order valence-electron chi connectivity index (χ2n) is 4.80. The molecule has 0 atom stereocenters. The van der Waals surface area contributed by atoms with Gasteiger partial charge in [0, 0.05) is 0 Å². The monoisotopic (exact) mass is 278 g/mol. The van der Waals surface area contributed by atoms with E-state index in [9.17, 15) is 0 Å². The molecule has 0 N–H and O–H groups in total. The van der Waals surface area contributed by atoms with Crippen LogP contribution in [0.4, 0.5) is 0 Å². The van der Waals surface area contributed by atoms with Crippen molar-refractivity contribution in [3.63, 3.8) is 0 Å². The van der Waals surface area contributed by atoms with Gasteiger partial charge in [-0.3, -0.25) is 0 Å². The normalized spacial score (nSPS) is 11.7. The van der Waals surface area contributed by atoms with E-state index in [1.54, 1.807) is 0 Å².